The molecule has 2 heterocycles. The maximum atomic E-state index is 12.2. The van der Waals surface area contributed by atoms with E-state index in [9.17, 15) is 9.59 Å². The summed E-state index contributed by atoms with van der Waals surface area (Å²) in [6.45, 7) is 1.31. The van der Waals surface area contributed by atoms with Gasteiger partial charge in [-0.15, -0.1) is 10.2 Å². The number of carbonyl (C=O) groups is 2. The number of anilines is 2. The lowest BCUT2D eigenvalue weighted by Gasteiger charge is -2.15. The van der Waals surface area contributed by atoms with E-state index >= 15 is 0 Å². The van der Waals surface area contributed by atoms with Gasteiger partial charge in [-0.2, -0.15) is 0 Å². The molecule has 2 amide bonds. The van der Waals surface area contributed by atoms with Crippen LogP contribution in [-0.2, 0) is 16.1 Å². The number of benzene rings is 1. The third kappa shape index (κ3) is 4.35. The number of rotatable bonds is 6. The van der Waals surface area contributed by atoms with Crippen molar-refractivity contribution in [2.45, 2.75) is 19.4 Å². The van der Waals surface area contributed by atoms with E-state index < -0.39 is 0 Å². The summed E-state index contributed by atoms with van der Waals surface area (Å²) >= 11 is 4.79. The molecule has 1 N–H and O–H groups in total. The number of likely N-dealkylation sites (N-methyl/N-ethyl adjacent to an activating group) is 1. The second-order valence-corrected chi connectivity index (χ2v) is 7.53. The molecular formula is C16H18BrN5O2S. The van der Waals surface area contributed by atoms with E-state index in [1.54, 1.807) is 16.8 Å². The molecule has 1 aliphatic rings. The minimum absolute atomic E-state index is 0.0801. The molecule has 132 valence electrons. The van der Waals surface area contributed by atoms with Gasteiger partial charge in [0, 0.05) is 31.0 Å². The fourth-order valence-electron chi connectivity index (χ4n) is 2.50. The number of hydrogen-bond donors (Lipinski definition) is 1. The molecule has 0 spiro atoms. The molecule has 1 saturated heterocycles. The maximum Gasteiger partial charge on any atom is 0.239 e. The molecule has 3 rings (SSSR count). The predicted octanol–water partition coefficient (Wildman–Crippen LogP) is 2.18. The van der Waals surface area contributed by atoms with Gasteiger partial charge in [-0.05, 0) is 18.1 Å². The topological polar surface area (TPSA) is 78.4 Å². The van der Waals surface area contributed by atoms with Crippen LogP contribution in [0.3, 0.4) is 0 Å². The summed E-state index contributed by atoms with van der Waals surface area (Å²) in [4.78, 5) is 27.3. The van der Waals surface area contributed by atoms with E-state index in [2.05, 4.69) is 31.4 Å². The normalized spacial score (nSPS) is 14.0. The predicted molar refractivity (Wildman–Crippen MR) is 101 cm³/mol. The van der Waals surface area contributed by atoms with Crippen molar-refractivity contribution in [1.82, 2.24) is 15.5 Å². The van der Waals surface area contributed by atoms with Crippen LogP contribution in [0.25, 0.3) is 0 Å². The van der Waals surface area contributed by atoms with Crippen molar-refractivity contribution in [3.05, 3.63) is 34.3 Å². The van der Waals surface area contributed by atoms with Crippen LogP contribution in [0.2, 0.25) is 0 Å². The van der Waals surface area contributed by atoms with Gasteiger partial charge >= 0.3 is 0 Å². The van der Waals surface area contributed by atoms with Crippen LogP contribution in [0.5, 0.6) is 0 Å². The molecular weight excluding hydrogens is 406 g/mol. The standard InChI is InChI=1S/C16H18BrN5O2S/c1-21(10-13(23)18-9-11-5-2-3-6-12(11)17)15-19-20-16(25-15)22-8-4-7-14(22)24/h2-3,5-6H,4,7-10H2,1H3,(H,18,23). The molecule has 1 fully saturated rings. The number of amides is 2. The van der Waals surface area contributed by atoms with E-state index in [4.69, 9.17) is 0 Å². The van der Waals surface area contributed by atoms with E-state index in [0.29, 0.717) is 29.8 Å². The summed E-state index contributed by atoms with van der Waals surface area (Å²) in [5.41, 5.74) is 1.02. The fourth-order valence-corrected chi connectivity index (χ4v) is 3.77. The Bertz CT molecular complexity index is 781. The largest absolute Gasteiger partial charge is 0.350 e. The average Bonchev–Trinajstić information content (AvgIpc) is 3.22. The molecule has 7 nitrogen and oxygen atoms in total. The minimum atomic E-state index is -0.104. The molecule has 0 bridgehead atoms. The monoisotopic (exact) mass is 423 g/mol. The van der Waals surface area contributed by atoms with E-state index in [0.717, 1.165) is 16.5 Å². The van der Waals surface area contributed by atoms with Gasteiger partial charge in [-0.3, -0.25) is 14.5 Å². The summed E-state index contributed by atoms with van der Waals surface area (Å²) in [5, 5.41) is 12.3. The second kappa shape index (κ2) is 7.92. The Morgan fingerprint density at radius 2 is 2.20 bits per heavy atom. The number of hydrogen-bond acceptors (Lipinski definition) is 6. The highest BCUT2D eigenvalue weighted by atomic mass is 79.9. The molecule has 25 heavy (non-hydrogen) atoms. The number of halogens is 1. The Labute approximate surface area is 158 Å². The van der Waals surface area contributed by atoms with Gasteiger partial charge < -0.3 is 10.2 Å². The SMILES string of the molecule is CN(CC(=O)NCc1ccccc1Br)c1nnc(N2CCCC2=O)s1. The van der Waals surface area contributed by atoms with Gasteiger partial charge in [-0.25, -0.2) is 0 Å². The van der Waals surface area contributed by atoms with Gasteiger partial charge in [0.2, 0.25) is 22.1 Å². The quantitative estimate of drug-likeness (QED) is 0.769. The van der Waals surface area contributed by atoms with Gasteiger partial charge in [0.15, 0.2) is 0 Å². The lowest BCUT2D eigenvalue weighted by Crippen LogP contribution is -2.34. The van der Waals surface area contributed by atoms with Crippen molar-refractivity contribution in [2.24, 2.45) is 0 Å². The third-order valence-electron chi connectivity index (χ3n) is 3.85. The molecule has 9 heteroatoms. The van der Waals surface area contributed by atoms with Gasteiger partial charge in [0.05, 0.1) is 6.54 Å². The molecule has 0 radical (unpaired) electrons. The smallest absolute Gasteiger partial charge is 0.239 e. The van der Waals surface area contributed by atoms with Crippen LogP contribution < -0.4 is 15.1 Å². The zero-order chi connectivity index (χ0) is 17.8. The number of aromatic nitrogens is 2. The molecule has 2 aromatic rings. The number of carbonyl (C=O) groups excluding carboxylic acids is 2. The first-order valence-electron chi connectivity index (χ1n) is 7.89. The number of nitrogens with one attached hydrogen (secondary N) is 1. The van der Waals surface area contributed by atoms with E-state index in [1.165, 1.54) is 11.3 Å². The summed E-state index contributed by atoms with van der Waals surface area (Å²) in [6.07, 6.45) is 1.41. The van der Waals surface area contributed by atoms with Gasteiger partial charge in [0.1, 0.15) is 0 Å². The minimum Gasteiger partial charge on any atom is -0.350 e. The first kappa shape index (κ1) is 17.8. The van der Waals surface area contributed by atoms with E-state index in [-0.39, 0.29) is 18.4 Å². The summed E-state index contributed by atoms with van der Waals surface area (Å²) in [5.74, 6) is -0.0243. The Kier molecular flexibility index (Phi) is 5.64. The first-order chi connectivity index (χ1) is 12.0. The lowest BCUT2D eigenvalue weighted by atomic mass is 10.2. The van der Waals surface area contributed by atoms with Crippen LogP contribution in [0.1, 0.15) is 18.4 Å². The van der Waals surface area contributed by atoms with Crippen molar-refractivity contribution >= 4 is 49.3 Å². The summed E-state index contributed by atoms with van der Waals surface area (Å²) in [7, 11) is 1.79. The van der Waals surface area contributed by atoms with Gasteiger partial charge in [-0.1, -0.05) is 45.5 Å². The van der Waals surface area contributed by atoms with Crippen LogP contribution >= 0.6 is 27.3 Å². The van der Waals surface area contributed by atoms with Crippen LogP contribution in [0.4, 0.5) is 10.3 Å². The van der Waals surface area contributed by atoms with Crippen LogP contribution in [-0.4, -0.2) is 42.1 Å². The Morgan fingerprint density at radius 1 is 1.40 bits per heavy atom. The van der Waals surface area contributed by atoms with Crippen molar-refractivity contribution in [3.63, 3.8) is 0 Å². The Hall–Kier alpha value is -2.00. The molecule has 1 aromatic heterocycles. The molecule has 0 unspecified atom stereocenters. The second-order valence-electron chi connectivity index (χ2n) is 5.74. The van der Waals surface area contributed by atoms with Gasteiger partial charge in [0.25, 0.3) is 0 Å². The summed E-state index contributed by atoms with van der Waals surface area (Å²) in [6, 6.07) is 7.76. The molecule has 0 aliphatic carbocycles. The van der Waals surface area contributed by atoms with Crippen molar-refractivity contribution in [2.75, 3.05) is 29.9 Å². The first-order valence-corrected chi connectivity index (χ1v) is 9.50. The van der Waals surface area contributed by atoms with Crippen LogP contribution in [0.15, 0.2) is 28.7 Å². The molecule has 1 aliphatic heterocycles. The Balaban J connectivity index is 1.54. The highest BCUT2D eigenvalue weighted by molar-refractivity contribution is 9.10. The Morgan fingerprint density at radius 3 is 2.92 bits per heavy atom. The van der Waals surface area contributed by atoms with Crippen LogP contribution in [0, 0.1) is 0 Å². The highest BCUT2D eigenvalue weighted by Crippen LogP contribution is 2.29. The maximum absolute atomic E-state index is 12.2. The fraction of sp³-hybridized carbons (Fsp3) is 0.375. The van der Waals surface area contributed by atoms with E-state index in [1.807, 2.05) is 24.3 Å². The lowest BCUT2D eigenvalue weighted by molar-refractivity contribution is -0.120. The summed E-state index contributed by atoms with van der Waals surface area (Å²) < 4.78 is 0.965. The third-order valence-corrected chi connectivity index (χ3v) is 5.68. The van der Waals surface area contributed by atoms with Crippen molar-refractivity contribution < 1.29 is 9.59 Å². The molecule has 1 aromatic carbocycles. The molecule has 0 atom stereocenters. The zero-order valence-electron chi connectivity index (χ0n) is 13.7. The highest BCUT2D eigenvalue weighted by Gasteiger charge is 2.25. The average molecular weight is 424 g/mol. The molecule has 0 saturated carbocycles. The zero-order valence-corrected chi connectivity index (χ0v) is 16.1. The van der Waals surface area contributed by atoms with Crippen molar-refractivity contribution in [3.8, 4) is 0 Å². The van der Waals surface area contributed by atoms with Crippen molar-refractivity contribution in [1.29, 1.82) is 0 Å². The number of nitrogens with zero attached hydrogens (tertiary/aromatic N) is 4.